The molecule has 1 aliphatic carbocycles. The fourth-order valence-electron chi connectivity index (χ4n) is 4.67. The number of sulfonamides is 1. The molecule has 2 unspecified atom stereocenters. The number of amides is 1. The molecular weight excluding hydrogens is 556 g/mol. The maximum atomic E-state index is 13.0. The van der Waals surface area contributed by atoms with E-state index in [1.165, 1.54) is 17.1 Å². The van der Waals surface area contributed by atoms with Crippen LogP contribution in [0.25, 0.3) is 11.3 Å². The summed E-state index contributed by atoms with van der Waals surface area (Å²) >= 11 is 0. The molecular formula is C30H34N6O5S. The van der Waals surface area contributed by atoms with E-state index in [4.69, 9.17) is 9.47 Å². The normalized spacial score (nSPS) is 16.5. The van der Waals surface area contributed by atoms with Crippen molar-refractivity contribution in [2.75, 3.05) is 4.72 Å². The zero-order valence-electron chi connectivity index (χ0n) is 24.4. The molecule has 1 saturated carbocycles. The van der Waals surface area contributed by atoms with Crippen LogP contribution in [0.2, 0.25) is 0 Å². The van der Waals surface area contributed by atoms with Gasteiger partial charge >= 0.3 is 6.09 Å². The summed E-state index contributed by atoms with van der Waals surface area (Å²) in [5, 5.41) is 6.86. The standard InChI is InChI=1S/C30H34N6O5S/c1-18-8-7-9-19(2)27(18)25-15-26(34-28(32-25)35-42(38,39)22-16-31-36(6)17-22)40-21-12-10-20(11-13-21)23-14-24(23)33-29(37)41-30(3,4)5/h7-13,15-17,23-24H,14H2,1-6H3,(H,33,37)(H,32,34,35). The number of alkyl carbamates (subject to hydrolysis) is 1. The number of ether oxygens (including phenoxy) is 2. The molecule has 1 aliphatic rings. The van der Waals surface area contributed by atoms with Gasteiger partial charge in [-0.15, -0.1) is 0 Å². The Bertz CT molecular complexity index is 1710. The minimum absolute atomic E-state index is 0.0105. The van der Waals surface area contributed by atoms with E-state index in [2.05, 4.69) is 25.1 Å². The first-order valence-electron chi connectivity index (χ1n) is 13.5. The largest absolute Gasteiger partial charge is 0.444 e. The van der Waals surface area contributed by atoms with Crippen molar-refractivity contribution in [3.05, 3.63) is 77.6 Å². The Morgan fingerprint density at radius 1 is 1.05 bits per heavy atom. The van der Waals surface area contributed by atoms with E-state index in [0.717, 1.165) is 28.7 Å². The molecule has 0 bridgehead atoms. The Kier molecular flexibility index (Phi) is 7.67. The van der Waals surface area contributed by atoms with Crippen LogP contribution < -0.4 is 14.8 Å². The lowest BCUT2D eigenvalue weighted by atomic mass is 10.00. The fraction of sp³-hybridized carbons (Fsp3) is 0.333. The lowest BCUT2D eigenvalue weighted by Crippen LogP contribution is -2.34. The topological polar surface area (TPSA) is 137 Å². The molecule has 4 aromatic rings. The van der Waals surface area contributed by atoms with Crippen molar-refractivity contribution < 1.29 is 22.7 Å². The van der Waals surface area contributed by atoms with E-state index in [1.807, 2.05) is 77.1 Å². The molecule has 2 aromatic carbocycles. The van der Waals surface area contributed by atoms with Crippen LogP contribution in [0, 0.1) is 13.8 Å². The highest BCUT2D eigenvalue weighted by atomic mass is 32.2. The number of aryl methyl sites for hydroxylation is 3. The lowest BCUT2D eigenvalue weighted by molar-refractivity contribution is 0.0522. The van der Waals surface area contributed by atoms with Crippen LogP contribution >= 0.6 is 0 Å². The van der Waals surface area contributed by atoms with E-state index in [9.17, 15) is 13.2 Å². The number of carbonyl (C=O) groups is 1. The van der Waals surface area contributed by atoms with Crippen molar-refractivity contribution in [1.29, 1.82) is 0 Å². The molecule has 11 nitrogen and oxygen atoms in total. The van der Waals surface area contributed by atoms with Gasteiger partial charge in [-0.3, -0.25) is 4.68 Å². The number of rotatable bonds is 8. The van der Waals surface area contributed by atoms with Gasteiger partial charge in [-0.05, 0) is 69.9 Å². The second-order valence-electron chi connectivity index (χ2n) is 11.4. The second kappa shape index (κ2) is 11.1. The van der Waals surface area contributed by atoms with Crippen LogP contribution in [-0.2, 0) is 21.8 Å². The smallest absolute Gasteiger partial charge is 0.407 e. The van der Waals surface area contributed by atoms with Gasteiger partial charge in [0, 0.05) is 36.8 Å². The number of nitrogens with zero attached hydrogens (tertiary/aromatic N) is 4. The first kappa shape index (κ1) is 29.1. The first-order valence-corrected chi connectivity index (χ1v) is 15.0. The molecule has 42 heavy (non-hydrogen) atoms. The van der Waals surface area contributed by atoms with Gasteiger partial charge in [0.25, 0.3) is 10.0 Å². The third-order valence-electron chi connectivity index (χ3n) is 6.68. The molecule has 1 amide bonds. The molecule has 2 heterocycles. The number of hydrogen-bond acceptors (Lipinski definition) is 8. The highest BCUT2D eigenvalue weighted by Crippen LogP contribution is 2.41. The number of hydrogen-bond donors (Lipinski definition) is 2. The summed E-state index contributed by atoms with van der Waals surface area (Å²) in [5.74, 6) is 0.757. The van der Waals surface area contributed by atoms with Crippen LogP contribution in [0.3, 0.4) is 0 Å². The van der Waals surface area contributed by atoms with Gasteiger partial charge < -0.3 is 14.8 Å². The molecule has 0 radical (unpaired) electrons. The van der Waals surface area contributed by atoms with E-state index >= 15 is 0 Å². The summed E-state index contributed by atoms with van der Waals surface area (Å²) < 4.78 is 41.3. The van der Waals surface area contributed by atoms with Gasteiger partial charge in [-0.1, -0.05) is 30.3 Å². The van der Waals surface area contributed by atoms with Crippen molar-refractivity contribution in [3.8, 4) is 22.9 Å². The summed E-state index contributed by atoms with van der Waals surface area (Å²) in [7, 11) is -2.35. The molecule has 0 spiro atoms. The SMILES string of the molecule is Cc1cccc(C)c1-c1cc(Oc2ccc(C3CC3NC(=O)OC(C)(C)C)cc2)nc(NS(=O)(=O)c2cnn(C)c2)n1. The monoisotopic (exact) mass is 590 g/mol. The van der Waals surface area contributed by atoms with Crippen LogP contribution in [0.1, 0.15) is 49.8 Å². The van der Waals surface area contributed by atoms with Gasteiger partial charge in [-0.2, -0.15) is 10.1 Å². The highest BCUT2D eigenvalue weighted by molar-refractivity contribution is 7.92. The van der Waals surface area contributed by atoms with Crippen molar-refractivity contribution >= 4 is 22.1 Å². The van der Waals surface area contributed by atoms with Crippen molar-refractivity contribution in [1.82, 2.24) is 25.1 Å². The third kappa shape index (κ3) is 6.88. The van der Waals surface area contributed by atoms with E-state index in [0.29, 0.717) is 11.4 Å². The molecule has 220 valence electrons. The maximum absolute atomic E-state index is 13.0. The van der Waals surface area contributed by atoms with Gasteiger partial charge in [-0.25, -0.2) is 22.9 Å². The summed E-state index contributed by atoms with van der Waals surface area (Å²) in [4.78, 5) is 21.0. The Balaban J connectivity index is 1.37. The fourth-order valence-corrected chi connectivity index (χ4v) is 5.60. The summed E-state index contributed by atoms with van der Waals surface area (Å²) in [6.45, 7) is 9.42. The molecule has 0 saturated heterocycles. The third-order valence-corrected chi connectivity index (χ3v) is 7.96. The van der Waals surface area contributed by atoms with Crippen molar-refractivity contribution in [2.45, 2.75) is 63.5 Å². The number of anilines is 1. The molecule has 12 heteroatoms. The minimum Gasteiger partial charge on any atom is -0.444 e. The van der Waals surface area contributed by atoms with Crippen molar-refractivity contribution in [3.63, 3.8) is 0 Å². The predicted molar refractivity (Wildman–Crippen MR) is 158 cm³/mol. The average molecular weight is 591 g/mol. The Morgan fingerprint density at radius 2 is 1.74 bits per heavy atom. The van der Waals surface area contributed by atoms with Crippen molar-refractivity contribution in [2.24, 2.45) is 7.05 Å². The minimum atomic E-state index is -3.99. The van der Waals surface area contributed by atoms with Crippen LogP contribution in [0.15, 0.2) is 65.8 Å². The first-order chi connectivity index (χ1) is 19.8. The number of benzene rings is 2. The van der Waals surface area contributed by atoms with Gasteiger partial charge in [0.05, 0.1) is 11.9 Å². The van der Waals surface area contributed by atoms with Gasteiger partial charge in [0.15, 0.2) is 0 Å². The van der Waals surface area contributed by atoms with E-state index < -0.39 is 21.7 Å². The summed E-state index contributed by atoms with van der Waals surface area (Å²) in [6.07, 6.45) is 3.05. The highest BCUT2D eigenvalue weighted by Gasteiger charge is 2.40. The number of aromatic nitrogens is 4. The Hall–Kier alpha value is -4.45. The second-order valence-corrected chi connectivity index (χ2v) is 13.1. The van der Waals surface area contributed by atoms with Crippen LogP contribution in [0.5, 0.6) is 11.6 Å². The summed E-state index contributed by atoms with van der Waals surface area (Å²) in [5.41, 5.74) is 3.84. The molecule has 2 aromatic heterocycles. The van der Waals surface area contributed by atoms with Gasteiger partial charge in [0.1, 0.15) is 16.2 Å². The number of carbonyl (C=O) groups excluding carboxylic acids is 1. The Morgan fingerprint density at radius 3 is 2.36 bits per heavy atom. The zero-order chi connectivity index (χ0) is 30.2. The van der Waals surface area contributed by atoms with Crippen LogP contribution in [-0.4, -0.2) is 45.9 Å². The predicted octanol–water partition coefficient (Wildman–Crippen LogP) is 5.47. The average Bonchev–Trinajstić information content (AvgIpc) is 3.48. The Labute approximate surface area is 245 Å². The number of nitrogens with one attached hydrogen (secondary N) is 2. The molecule has 2 N–H and O–H groups in total. The lowest BCUT2D eigenvalue weighted by Gasteiger charge is -2.19. The van der Waals surface area contributed by atoms with Crippen LogP contribution in [0.4, 0.5) is 10.7 Å². The molecule has 2 atom stereocenters. The maximum Gasteiger partial charge on any atom is 0.407 e. The van der Waals surface area contributed by atoms with Gasteiger partial charge in [0.2, 0.25) is 11.8 Å². The quantitative estimate of drug-likeness (QED) is 0.276. The molecule has 5 rings (SSSR count). The van der Waals surface area contributed by atoms with E-state index in [-0.39, 0.29) is 28.7 Å². The molecule has 0 aliphatic heterocycles. The zero-order valence-corrected chi connectivity index (χ0v) is 25.2. The summed E-state index contributed by atoms with van der Waals surface area (Å²) in [6, 6.07) is 15.1. The molecule has 1 fully saturated rings. The van der Waals surface area contributed by atoms with E-state index in [1.54, 1.807) is 13.1 Å².